The average molecular weight is 416 g/mol. The van der Waals surface area contributed by atoms with E-state index in [-0.39, 0.29) is 5.02 Å². The van der Waals surface area contributed by atoms with Gasteiger partial charge in [0, 0.05) is 15.1 Å². The van der Waals surface area contributed by atoms with Gasteiger partial charge in [-0.1, -0.05) is 39.1 Å². The number of ether oxygens (including phenoxy) is 1. The van der Waals surface area contributed by atoms with Gasteiger partial charge in [-0.15, -0.1) is 0 Å². The molecule has 0 saturated heterocycles. The van der Waals surface area contributed by atoms with E-state index in [4.69, 9.17) is 27.9 Å². The first-order chi connectivity index (χ1) is 11.0. The molecule has 0 amide bonds. The first-order valence-corrected chi connectivity index (χ1v) is 8.22. The van der Waals surface area contributed by atoms with E-state index in [0.29, 0.717) is 16.5 Å². The molecule has 118 valence electrons. The van der Waals surface area contributed by atoms with Crippen LogP contribution in [0.15, 0.2) is 41.1 Å². The maximum atomic E-state index is 13.7. The van der Waals surface area contributed by atoms with E-state index in [0.717, 1.165) is 15.4 Å². The van der Waals surface area contributed by atoms with Crippen molar-refractivity contribution in [2.45, 2.75) is 13.0 Å². The maximum absolute atomic E-state index is 13.7. The minimum Gasteiger partial charge on any atom is -0.469 e. The van der Waals surface area contributed by atoms with Gasteiger partial charge in [0.1, 0.15) is 18.2 Å². The highest BCUT2D eigenvalue weighted by Crippen LogP contribution is 2.36. The molecule has 0 N–H and O–H groups in total. The Kier molecular flexibility index (Phi) is 4.71. The Labute approximate surface area is 150 Å². The van der Waals surface area contributed by atoms with Crippen LogP contribution in [0.2, 0.25) is 10.0 Å². The summed E-state index contributed by atoms with van der Waals surface area (Å²) in [7, 11) is 0. The standard InChI is InChI=1S/C16H10BrCl2FN2O/c1-8(14-11(18)3-4-12(20)15(14)19)23-16-10-6-9(17)2-5-13(10)21-7-22-16/h2-8H,1H3. The van der Waals surface area contributed by atoms with Crippen LogP contribution in [0.1, 0.15) is 18.6 Å². The summed E-state index contributed by atoms with van der Waals surface area (Å²) in [5, 5.41) is 1.02. The molecule has 0 bridgehead atoms. The van der Waals surface area contributed by atoms with E-state index in [2.05, 4.69) is 25.9 Å². The van der Waals surface area contributed by atoms with Crippen molar-refractivity contribution in [2.24, 2.45) is 0 Å². The van der Waals surface area contributed by atoms with Gasteiger partial charge in [-0.3, -0.25) is 0 Å². The van der Waals surface area contributed by atoms with Gasteiger partial charge in [0.15, 0.2) is 0 Å². The summed E-state index contributed by atoms with van der Waals surface area (Å²) in [5.41, 5.74) is 1.12. The van der Waals surface area contributed by atoms with Crippen LogP contribution in [0.3, 0.4) is 0 Å². The van der Waals surface area contributed by atoms with E-state index in [1.54, 1.807) is 6.92 Å². The second kappa shape index (κ2) is 6.59. The topological polar surface area (TPSA) is 35.0 Å². The molecule has 0 spiro atoms. The third-order valence-electron chi connectivity index (χ3n) is 3.34. The number of aromatic nitrogens is 2. The van der Waals surface area contributed by atoms with Gasteiger partial charge < -0.3 is 4.74 Å². The molecular formula is C16H10BrCl2FN2O. The molecule has 3 aromatic rings. The first-order valence-electron chi connectivity index (χ1n) is 6.67. The van der Waals surface area contributed by atoms with E-state index in [9.17, 15) is 4.39 Å². The van der Waals surface area contributed by atoms with E-state index in [1.165, 1.54) is 18.5 Å². The van der Waals surface area contributed by atoms with Gasteiger partial charge in [0.25, 0.3) is 0 Å². The maximum Gasteiger partial charge on any atom is 0.225 e. The number of rotatable bonds is 3. The second-order valence-electron chi connectivity index (χ2n) is 4.86. The molecule has 3 rings (SSSR count). The Bertz CT molecular complexity index is 891. The Balaban J connectivity index is 2.03. The van der Waals surface area contributed by atoms with Crippen molar-refractivity contribution < 1.29 is 9.13 Å². The molecular weight excluding hydrogens is 406 g/mol. The Hall–Kier alpha value is -1.43. The van der Waals surface area contributed by atoms with Gasteiger partial charge in [0.05, 0.1) is 15.9 Å². The fourth-order valence-electron chi connectivity index (χ4n) is 2.24. The molecule has 23 heavy (non-hydrogen) atoms. The normalized spacial score (nSPS) is 12.4. The van der Waals surface area contributed by atoms with Gasteiger partial charge in [-0.05, 0) is 37.3 Å². The lowest BCUT2D eigenvalue weighted by molar-refractivity contribution is 0.220. The SMILES string of the molecule is CC(Oc1ncnc2ccc(Br)cc12)c1c(Cl)ccc(F)c1Cl. The lowest BCUT2D eigenvalue weighted by Crippen LogP contribution is -2.07. The fourth-order valence-corrected chi connectivity index (χ4v) is 3.28. The van der Waals surface area contributed by atoms with Crippen molar-refractivity contribution in [2.75, 3.05) is 0 Å². The molecule has 0 fully saturated rings. The molecule has 1 heterocycles. The molecule has 0 radical (unpaired) electrons. The molecule has 2 aromatic carbocycles. The van der Waals surface area contributed by atoms with Crippen LogP contribution in [-0.2, 0) is 0 Å². The molecule has 1 aromatic heterocycles. The molecule has 3 nitrogen and oxygen atoms in total. The smallest absolute Gasteiger partial charge is 0.225 e. The van der Waals surface area contributed by atoms with Crippen LogP contribution in [0.25, 0.3) is 10.9 Å². The van der Waals surface area contributed by atoms with E-state index in [1.807, 2.05) is 18.2 Å². The lowest BCUT2D eigenvalue weighted by atomic mass is 10.1. The Morgan fingerprint density at radius 2 is 1.96 bits per heavy atom. The number of fused-ring (bicyclic) bond motifs is 1. The Morgan fingerprint density at radius 3 is 2.74 bits per heavy atom. The van der Waals surface area contributed by atoms with Gasteiger partial charge in [0.2, 0.25) is 5.88 Å². The van der Waals surface area contributed by atoms with Crippen molar-refractivity contribution in [3.05, 3.63) is 62.6 Å². The first kappa shape index (κ1) is 16.4. The van der Waals surface area contributed by atoms with Crippen molar-refractivity contribution in [1.82, 2.24) is 9.97 Å². The zero-order valence-electron chi connectivity index (χ0n) is 11.9. The van der Waals surface area contributed by atoms with Gasteiger partial charge in [-0.25, -0.2) is 14.4 Å². The van der Waals surface area contributed by atoms with Gasteiger partial charge >= 0.3 is 0 Å². The van der Waals surface area contributed by atoms with Crippen molar-refractivity contribution in [1.29, 1.82) is 0 Å². The van der Waals surface area contributed by atoms with Crippen LogP contribution in [-0.4, -0.2) is 9.97 Å². The summed E-state index contributed by atoms with van der Waals surface area (Å²) in [5.74, 6) is -0.169. The summed E-state index contributed by atoms with van der Waals surface area (Å²) >= 11 is 15.6. The number of benzene rings is 2. The number of hydrogen-bond donors (Lipinski definition) is 0. The van der Waals surface area contributed by atoms with Crippen molar-refractivity contribution >= 4 is 50.0 Å². The lowest BCUT2D eigenvalue weighted by Gasteiger charge is -2.18. The minimum atomic E-state index is -0.581. The predicted molar refractivity (Wildman–Crippen MR) is 92.7 cm³/mol. The highest BCUT2D eigenvalue weighted by atomic mass is 79.9. The Morgan fingerprint density at radius 1 is 1.17 bits per heavy atom. The zero-order valence-corrected chi connectivity index (χ0v) is 15.0. The molecule has 1 unspecified atom stereocenters. The van der Waals surface area contributed by atoms with Crippen LogP contribution in [0.5, 0.6) is 5.88 Å². The van der Waals surface area contributed by atoms with E-state index >= 15 is 0 Å². The highest BCUT2D eigenvalue weighted by molar-refractivity contribution is 9.10. The number of halogens is 4. The van der Waals surface area contributed by atoms with Gasteiger partial charge in [-0.2, -0.15) is 0 Å². The second-order valence-corrected chi connectivity index (χ2v) is 6.56. The third-order valence-corrected chi connectivity index (χ3v) is 4.54. The minimum absolute atomic E-state index is 0.0513. The number of hydrogen-bond acceptors (Lipinski definition) is 3. The summed E-state index contributed by atoms with van der Waals surface area (Å²) in [6.07, 6.45) is 0.829. The summed E-state index contributed by atoms with van der Waals surface area (Å²) in [4.78, 5) is 8.35. The summed E-state index contributed by atoms with van der Waals surface area (Å²) in [6, 6.07) is 8.25. The largest absolute Gasteiger partial charge is 0.469 e. The molecule has 1 atom stereocenters. The molecule has 0 saturated carbocycles. The third kappa shape index (κ3) is 3.27. The van der Waals surface area contributed by atoms with Crippen molar-refractivity contribution in [3.63, 3.8) is 0 Å². The molecule has 0 aliphatic heterocycles. The van der Waals surface area contributed by atoms with Crippen LogP contribution in [0.4, 0.5) is 4.39 Å². The molecule has 0 aliphatic rings. The summed E-state index contributed by atoms with van der Waals surface area (Å²) < 4.78 is 20.4. The zero-order chi connectivity index (χ0) is 16.6. The van der Waals surface area contributed by atoms with Crippen molar-refractivity contribution in [3.8, 4) is 5.88 Å². The average Bonchev–Trinajstić information content (AvgIpc) is 2.52. The predicted octanol–water partition coefficient (Wildman–Crippen LogP) is 5.98. The quantitative estimate of drug-likeness (QED) is 0.493. The van der Waals surface area contributed by atoms with Crippen LogP contribution < -0.4 is 4.74 Å². The molecule has 0 aliphatic carbocycles. The number of nitrogens with zero attached hydrogens (tertiary/aromatic N) is 2. The fraction of sp³-hybridized carbons (Fsp3) is 0.125. The summed E-state index contributed by atoms with van der Waals surface area (Å²) in [6.45, 7) is 1.73. The van der Waals surface area contributed by atoms with Crippen LogP contribution >= 0.6 is 39.1 Å². The molecule has 7 heteroatoms. The monoisotopic (exact) mass is 414 g/mol. The van der Waals surface area contributed by atoms with E-state index < -0.39 is 11.9 Å². The highest BCUT2D eigenvalue weighted by Gasteiger charge is 2.20. The van der Waals surface area contributed by atoms with Crippen LogP contribution in [0, 0.1) is 5.82 Å².